The Balaban J connectivity index is 2.72. The number of hydrogen-bond donors (Lipinski definition) is 1. The molecule has 0 aliphatic heterocycles. The number of carbonyl (C=O) groups excluding carboxylic acids is 2. The van der Waals surface area contributed by atoms with Crippen LogP contribution in [0.5, 0.6) is 0 Å². The summed E-state index contributed by atoms with van der Waals surface area (Å²) in [6, 6.07) is 6.10. The van der Waals surface area contributed by atoms with Crippen LogP contribution in [0.4, 0.5) is 0 Å². The lowest BCUT2D eigenvalue weighted by Gasteiger charge is -2.05. The van der Waals surface area contributed by atoms with Crippen molar-refractivity contribution in [2.45, 2.75) is 13.3 Å². The molecule has 0 aliphatic rings. The zero-order chi connectivity index (χ0) is 13.4. The van der Waals surface area contributed by atoms with Gasteiger partial charge in [-0.1, -0.05) is 13.0 Å². The minimum atomic E-state index is -0.575. The van der Waals surface area contributed by atoms with Gasteiger partial charge < -0.3 is 14.6 Å². The summed E-state index contributed by atoms with van der Waals surface area (Å²) in [7, 11) is 0. The van der Waals surface area contributed by atoms with Crippen molar-refractivity contribution in [1.29, 1.82) is 0 Å². The van der Waals surface area contributed by atoms with Crippen LogP contribution in [0.2, 0.25) is 0 Å². The first-order valence-electron chi connectivity index (χ1n) is 5.74. The van der Waals surface area contributed by atoms with Crippen LogP contribution in [0.3, 0.4) is 0 Å². The molecule has 0 aliphatic carbocycles. The fraction of sp³-hybridized carbons (Fsp3) is 0.385. The highest BCUT2D eigenvalue weighted by molar-refractivity contribution is 5.95. The first-order chi connectivity index (χ1) is 8.69. The Hall–Kier alpha value is -1.88. The van der Waals surface area contributed by atoms with Crippen molar-refractivity contribution in [2.24, 2.45) is 0 Å². The first kappa shape index (κ1) is 14.2. The van der Waals surface area contributed by atoms with Crippen LogP contribution < -0.4 is 0 Å². The van der Waals surface area contributed by atoms with Gasteiger partial charge in [0.05, 0.1) is 24.3 Å². The number of aliphatic hydroxyl groups excluding tert-OH is 1. The van der Waals surface area contributed by atoms with Crippen LogP contribution in [0.15, 0.2) is 24.3 Å². The van der Waals surface area contributed by atoms with Gasteiger partial charge in [-0.3, -0.25) is 0 Å². The van der Waals surface area contributed by atoms with Gasteiger partial charge in [0.1, 0.15) is 6.61 Å². The Morgan fingerprint density at radius 3 is 2.17 bits per heavy atom. The van der Waals surface area contributed by atoms with Crippen molar-refractivity contribution in [2.75, 3.05) is 19.8 Å². The molecule has 0 amide bonds. The number of rotatable bonds is 6. The summed E-state index contributed by atoms with van der Waals surface area (Å²) in [4.78, 5) is 23.1. The van der Waals surface area contributed by atoms with E-state index in [-0.39, 0.29) is 18.8 Å². The van der Waals surface area contributed by atoms with E-state index in [2.05, 4.69) is 0 Å². The Morgan fingerprint density at radius 2 is 1.67 bits per heavy atom. The van der Waals surface area contributed by atoms with E-state index < -0.39 is 11.9 Å². The maximum absolute atomic E-state index is 11.6. The van der Waals surface area contributed by atoms with Crippen molar-refractivity contribution < 1.29 is 24.2 Å². The van der Waals surface area contributed by atoms with Crippen LogP contribution in [-0.2, 0) is 9.47 Å². The molecule has 0 fully saturated rings. The van der Waals surface area contributed by atoms with E-state index in [1.807, 2.05) is 6.92 Å². The summed E-state index contributed by atoms with van der Waals surface area (Å²) in [6.45, 7) is 1.95. The average molecular weight is 252 g/mol. The molecule has 5 nitrogen and oxygen atoms in total. The second-order valence-corrected chi connectivity index (χ2v) is 3.58. The fourth-order valence-electron chi connectivity index (χ4n) is 1.27. The quantitative estimate of drug-likeness (QED) is 0.775. The first-order valence-corrected chi connectivity index (χ1v) is 5.74. The summed E-state index contributed by atoms with van der Waals surface area (Å²) in [5.74, 6) is -1.04. The lowest BCUT2D eigenvalue weighted by Crippen LogP contribution is -2.11. The van der Waals surface area contributed by atoms with E-state index in [0.717, 1.165) is 6.42 Å². The van der Waals surface area contributed by atoms with E-state index in [0.29, 0.717) is 12.2 Å². The molecule has 0 heterocycles. The summed E-state index contributed by atoms with van der Waals surface area (Å²) >= 11 is 0. The van der Waals surface area contributed by atoms with Crippen LogP contribution >= 0.6 is 0 Å². The second kappa shape index (κ2) is 7.45. The van der Waals surface area contributed by atoms with Crippen LogP contribution in [0.1, 0.15) is 34.1 Å². The van der Waals surface area contributed by atoms with E-state index >= 15 is 0 Å². The van der Waals surface area contributed by atoms with Crippen LogP contribution in [0.25, 0.3) is 0 Å². The summed E-state index contributed by atoms with van der Waals surface area (Å²) in [5, 5.41) is 8.55. The van der Waals surface area contributed by atoms with Crippen molar-refractivity contribution in [1.82, 2.24) is 0 Å². The van der Waals surface area contributed by atoms with E-state index in [1.165, 1.54) is 12.1 Å². The number of esters is 2. The minimum absolute atomic E-state index is 0.0661. The molecule has 0 radical (unpaired) electrons. The maximum Gasteiger partial charge on any atom is 0.338 e. The highest BCUT2D eigenvalue weighted by Crippen LogP contribution is 2.08. The molecule has 1 aromatic carbocycles. The number of ether oxygens (including phenoxy) is 2. The molecular formula is C13H16O5. The van der Waals surface area contributed by atoms with Gasteiger partial charge in [0, 0.05) is 0 Å². The van der Waals surface area contributed by atoms with E-state index in [9.17, 15) is 9.59 Å². The molecule has 1 rings (SSSR count). The molecule has 0 bridgehead atoms. The fourth-order valence-corrected chi connectivity index (χ4v) is 1.27. The SMILES string of the molecule is CCCOC(=O)c1cccc(C(=O)OCCO)c1. The molecule has 5 heteroatoms. The summed E-state index contributed by atoms with van der Waals surface area (Å²) in [6.07, 6.45) is 0.740. The smallest absolute Gasteiger partial charge is 0.338 e. The van der Waals surface area contributed by atoms with Crippen LogP contribution in [-0.4, -0.2) is 36.9 Å². The van der Waals surface area contributed by atoms with Gasteiger partial charge in [-0.2, -0.15) is 0 Å². The number of carbonyl (C=O) groups is 2. The Bertz CT molecular complexity index is 378. The molecular weight excluding hydrogens is 236 g/mol. The molecule has 0 unspecified atom stereocenters. The highest BCUT2D eigenvalue weighted by Gasteiger charge is 2.12. The molecule has 0 saturated carbocycles. The standard InChI is InChI=1S/C13H16O5/c1-2-7-17-12(15)10-4-3-5-11(9-10)13(16)18-8-6-14/h3-5,9,14H,2,6-8H2,1H3. The largest absolute Gasteiger partial charge is 0.462 e. The molecule has 1 aromatic rings. The molecule has 0 aromatic heterocycles. The monoisotopic (exact) mass is 252 g/mol. The number of benzene rings is 1. The molecule has 18 heavy (non-hydrogen) atoms. The van der Waals surface area contributed by atoms with Gasteiger partial charge in [-0.05, 0) is 24.6 Å². The number of aliphatic hydroxyl groups is 1. The minimum Gasteiger partial charge on any atom is -0.462 e. The normalized spacial score (nSPS) is 9.89. The van der Waals surface area contributed by atoms with Gasteiger partial charge in [0.15, 0.2) is 0 Å². The lowest BCUT2D eigenvalue weighted by atomic mass is 10.1. The van der Waals surface area contributed by atoms with Gasteiger partial charge in [0.2, 0.25) is 0 Å². The molecule has 0 saturated heterocycles. The third-order valence-corrected chi connectivity index (χ3v) is 2.10. The zero-order valence-electron chi connectivity index (χ0n) is 10.2. The molecule has 0 atom stereocenters. The topological polar surface area (TPSA) is 72.8 Å². The highest BCUT2D eigenvalue weighted by atomic mass is 16.5. The Labute approximate surface area is 105 Å². The van der Waals surface area contributed by atoms with Gasteiger partial charge in [-0.15, -0.1) is 0 Å². The van der Waals surface area contributed by atoms with Gasteiger partial charge in [-0.25, -0.2) is 9.59 Å². The van der Waals surface area contributed by atoms with Gasteiger partial charge >= 0.3 is 11.9 Å². The van der Waals surface area contributed by atoms with E-state index in [1.54, 1.807) is 12.1 Å². The Morgan fingerprint density at radius 1 is 1.11 bits per heavy atom. The van der Waals surface area contributed by atoms with E-state index in [4.69, 9.17) is 14.6 Å². The van der Waals surface area contributed by atoms with Crippen LogP contribution in [0, 0.1) is 0 Å². The summed E-state index contributed by atoms with van der Waals surface area (Å²) in [5.41, 5.74) is 0.566. The third kappa shape index (κ3) is 4.18. The van der Waals surface area contributed by atoms with Gasteiger partial charge in [0.25, 0.3) is 0 Å². The average Bonchev–Trinajstić information content (AvgIpc) is 2.42. The number of hydrogen-bond acceptors (Lipinski definition) is 5. The Kier molecular flexibility index (Phi) is 5.87. The van der Waals surface area contributed by atoms with Crippen molar-refractivity contribution >= 4 is 11.9 Å². The van der Waals surface area contributed by atoms with Crippen molar-refractivity contribution in [3.63, 3.8) is 0 Å². The second-order valence-electron chi connectivity index (χ2n) is 3.58. The summed E-state index contributed by atoms with van der Waals surface area (Å²) < 4.78 is 9.71. The predicted molar refractivity (Wildman–Crippen MR) is 64.4 cm³/mol. The van der Waals surface area contributed by atoms with Crippen molar-refractivity contribution in [3.05, 3.63) is 35.4 Å². The predicted octanol–water partition coefficient (Wildman–Crippen LogP) is 1.40. The molecule has 1 N–H and O–H groups in total. The molecule has 98 valence electrons. The molecule has 0 spiro atoms. The zero-order valence-corrected chi connectivity index (χ0v) is 10.2. The van der Waals surface area contributed by atoms with Crippen molar-refractivity contribution in [3.8, 4) is 0 Å². The lowest BCUT2D eigenvalue weighted by molar-refractivity contribution is 0.0433. The maximum atomic E-state index is 11.6. The third-order valence-electron chi connectivity index (χ3n) is 2.10.